The minimum Gasteiger partial charge on any atom is -0.497 e. The van der Waals surface area contributed by atoms with Crippen LogP contribution in [0.3, 0.4) is 0 Å². The largest absolute Gasteiger partial charge is 0.497 e. The summed E-state index contributed by atoms with van der Waals surface area (Å²) >= 11 is 0. The monoisotopic (exact) mass is 279 g/mol. The minimum atomic E-state index is 0.693. The molecule has 0 bridgehead atoms. The Morgan fingerprint density at radius 2 is 1.75 bits per heavy atom. The molecule has 2 rings (SSSR count). The summed E-state index contributed by atoms with van der Waals surface area (Å²) in [6.45, 7) is 4.63. The van der Waals surface area contributed by atoms with Gasteiger partial charge in [-0.25, -0.2) is 0 Å². The molecular formula is C16H25NO3. The second-order valence-corrected chi connectivity index (χ2v) is 5.15. The van der Waals surface area contributed by atoms with E-state index < -0.39 is 0 Å². The molecule has 112 valence electrons. The zero-order valence-corrected chi connectivity index (χ0v) is 12.3. The van der Waals surface area contributed by atoms with E-state index in [1.54, 1.807) is 7.11 Å². The van der Waals surface area contributed by atoms with Gasteiger partial charge in [-0.2, -0.15) is 0 Å². The van der Waals surface area contributed by atoms with E-state index >= 15 is 0 Å². The van der Waals surface area contributed by atoms with Crippen molar-refractivity contribution in [3.63, 3.8) is 0 Å². The van der Waals surface area contributed by atoms with Crippen molar-refractivity contribution in [1.82, 2.24) is 5.32 Å². The van der Waals surface area contributed by atoms with Crippen LogP contribution in [0, 0.1) is 5.92 Å². The first-order valence-corrected chi connectivity index (χ1v) is 7.44. The van der Waals surface area contributed by atoms with Crippen LogP contribution in [-0.2, 0) is 4.74 Å². The van der Waals surface area contributed by atoms with Crippen LogP contribution in [0.5, 0.6) is 11.5 Å². The summed E-state index contributed by atoms with van der Waals surface area (Å²) < 4.78 is 16.5. The summed E-state index contributed by atoms with van der Waals surface area (Å²) in [7, 11) is 1.66. The molecule has 1 aromatic carbocycles. The molecule has 1 aliphatic heterocycles. The maximum atomic E-state index is 5.72. The van der Waals surface area contributed by atoms with Gasteiger partial charge in [0.05, 0.1) is 13.7 Å². The van der Waals surface area contributed by atoms with Gasteiger partial charge in [-0.1, -0.05) is 0 Å². The number of nitrogens with one attached hydrogen (secondary N) is 1. The molecule has 0 atom stereocenters. The fraction of sp³-hybridized carbons (Fsp3) is 0.625. The highest BCUT2D eigenvalue weighted by atomic mass is 16.5. The van der Waals surface area contributed by atoms with Gasteiger partial charge >= 0.3 is 0 Å². The average Bonchev–Trinajstić information content (AvgIpc) is 2.52. The molecule has 0 unspecified atom stereocenters. The number of ether oxygens (including phenoxy) is 3. The standard InChI is InChI=1S/C16H25NO3/c1-18-15-3-5-16(6-4-15)20-12-2-11-19-13-14-7-9-17-10-8-14/h3-6,14,17H,2,7-13H2,1H3. The van der Waals surface area contributed by atoms with Crippen LogP contribution >= 0.6 is 0 Å². The lowest BCUT2D eigenvalue weighted by molar-refractivity contribution is 0.0789. The molecule has 1 saturated heterocycles. The molecule has 4 nitrogen and oxygen atoms in total. The Kier molecular flexibility index (Phi) is 6.68. The van der Waals surface area contributed by atoms with E-state index in [9.17, 15) is 0 Å². The summed E-state index contributed by atoms with van der Waals surface area (Å²) in [5, 5.41) is 3.37. The van der Waals surface area contributed by atoms with Crippen molar-refractivity contribution in [2.75, 3.05) is 40.0 Å². The van der Waals surface area contributed by atoms with E-state index in [1.807, 2.05) is 24.3 Å². The van der Waals surface area contributed by atoms with Gasteiger partial charge in [-0.05, 0) is 56.1 Å². The second-order valence-electron chi connectivity index (χ2n) is 5.15. The number of hydrogen-bond donors (Lipinski definition) is 1. The van der Waals surface area contributed by atoms with E-state index in [0.29, 0.717) is 6.61 Å². The van der Waals surface area contributed by atoms with Crippen molar-refractivity contribution in [2.45, 2.75) is 19.3 Å². The summed E-state index contributed by atoms with van der Waals surface area (Å²) in [4.78, 5) is 0. The number of benzene rings is 1. The fourth-order valence-corrected chi connectivity index (χ4v) is 2.32. The smallest absolute Gasteiger partial charge is 0.119 e. The maximum absolute atomic E-state index is 5.72. The Labute approximate surface area is 121 Å². The van der Waals surface area contributed by atoms with Gasteiger partial charge in [-0.15, -0.1) is 0 Å². The molecule has 0 saturated carbocycles. The Balaban J connectivity index is 1.50. The molecule has 1 N–H and O–H groups in total. The molecule has 0 spiro atoms. The fourth-order valence-electron chi connectivity index (χ4n) is 2.32. The molecule has 1 aromatic rings. The first-order chi connectivity index (χ1) is 9.88. The van der Waals surface area contributed by atoms with E-state index in [1.165, 1.54) is 12.8 Å². The quantitative estimate of drug-likeness (QED) is 0.742. The van der Waals surface area contributed by atoms with Gasteiger partial charge in [0.25, 0.3) is 0 Å². The number of hydrogen-bond acceptors (Lipinski definition) is 4. The molecule has 1 aliphatic rings. The summed E-state index contributed by atoms with van der Waals surface area (Å²) in [5.74, 6) is 2.46. The molecule has 0 aliphatic carbocycles. The zero-order valence-electron chi connectivity index (χ0n) is 12.3. The van der Waals surface area contributed by atoms with E-state index in [0.717, 1.165) is 50.1 Å². The summed E-state index contributed by atoms with van der Waals surface area (Å²) in [6.07, 6.45) is 3.40. The predicted molar refractivity (Wildman–Crippen MR) is 79.5 cm³/mol. The number of methoxy groups -OCH3 is 1. The molecule has 20 heavy (non-hydrogen) atoms. The van der Waals surface area contributed by atoms with Crippen LogP contribution in [0.4, 0.5) is 0 Å². The van der Waals surface area contributed by atoms with Gasteiger partial charge in [0.15, 0.2) is 0 Å². The Hall–Kier alpha value is -1.26. The third-order valence-corrected chi connectivity index (χ3v) is 3.57. The van der Waals surface area contributed by atoms with Gasteiger partial charge in [0.2, 0.25) is 0 Å². The molecule has 0 aromatic heterocycles. The van der Waals surface area contributed by atoms with Crippen LogP contribution in [-0.4, -0.2) is 40.0 Å². The zero-order chi connectivity index (χ0) is 14.0. The predicted octanol–water partition coefficient (Wildman–Crippen LogP) is 2.48. The van der Waals surface area contributed by atoms with Crippen LogP contribution in [0.1, 0.15) is 19.3 Å². The Morgan fingerprint density at radius 3 is 2.45 bits per heavy atom. The van der Waals surface area contributed by atoms with Gasteiger partial charge in [-0.3, -0.25) is 0 Å². The van der Waals surface area contributed by atoms with Crippen molar-refractivity contribution in [2.24, 2.45) is 5.92 Å². The van der Waals surface area contributed by atoms with Gasteiger partial charge in [0.1, 0.15) is 11.5 Å². The second kappa shape index (κ2) is 8.82. The highest BCUT2D eigenvalue weighted by Gasteiger charge is 2.12. The number of piperidine rings is 1. The Morgan fingerprint density at radius 1 is 1.05 bits per heavy atom. The van der Waals surface area contributed by atoms with E-state index in [-0.39, 0.29) is 0 Å². The third kappa shape index (κ3) is 5.39. The topological polar surface area (TPSA) is 39.7 Å². The van der Waals surface area contributed by atoms with Crippen molar-refractivity contribution >= 4 is 0 Å². The average molecular weight is 279 g/mol. The highest BCUT2D eigenvalue weighted by molar-refractivity contribution is 5.31. The maximum Gasteiger partial charge on any atom is 0.119 e. The summed E-state index contributed by atoms with van der Waals surface area (Å²) in [6, 6.07) is 7.66. The molecule has 0 radical (unpaired) electrons. The third-order valence-electron chi connectivity index (χ3n) is 3.57. The molecule has 1 heterocycles. The minimum absolute atomic E-state index is 0.693. The molecule has 1 fully saturated rings. The van der Waals surface area contributed by atoms with Crippen LogP contribution in [0.25, 0.3) is 0 Å². The van der Waals surface area contributed by atoms with E-state index in [2.05, 4.69) is 5.32 Å². The normalized spacial score (nSPS) is 16.1. The highest BCUT2D eigenvalue weighted by Crippen LogP contribution is 2.17. The van der Waals surface area contributed by atoms with Gasteiger partial charge < -0.3 is 19.5 Å². The molecule has 0 amide bonds. The van der Waals surface area contributed by atoms with Crippen molar-refractivity contribution in [3.05, 3.63) is 24.3 Å². The SMILES string of the molecule is COc1ccc(OCCCOCC2CCNCC2)cc1. The van der Waals surface area contributed by atoms with Crippen LogP contribution in [0.2, 0.25) is 0 Å². The lowest BCUT2D eigenvalue weighted by atomic mass is 9.99. The molecular weight excluding hydrogens is 254 g/mol. The lowest BCUT2D eigenvalue weighted by Crippen LogP contribution is -2.30. The van der Waals surface area contributed by atoms with Crippen molar-refractivity contribution < 1.29 is 14.2 Å². The first-order valence-electron chi connectivity index (χ1n) is 7.44. The number of rotatable bonds is 8. The molecule has 4 heteroatoms. The van der Waals surface area contributed by atoms with Crippen molar-refractivity contribution in [1.29, 1.82) is 0 Å². The first kappa shape index (κ1) is 15.1. The van der Waals surface area contributed by atoms with Crippen LogP contribution < -0.4 is 14.8 Å². The lowest BCUT2D eigenvalue weighted by Gasteiger charge is -2.22. The Bertz CT molecular complexity index is 360. The van der Waals surface area contributed by atoms with Crippen LogP contribution in [0.15, 0.2) is 24.3 Å². The summed E-state index contributed by atoms with van der Waals surface area (Å²) in [5.41, 5.74) is 0. The van der Waals surface area contributed by atoms with Crippen molar-refractivity contribution in [3.8, 4) is 11.5 Å². The van der Waals surface area contributed by atoms with E-state index in [4.69, 9.17) is 14.2 Å². The van der Waals surface area contributed by atoms with Gasteiger partial charge in [0, 0.05) is 19.6 Å².